The van der Waals surface area contributed by atoms with Gasteiger partial charge in [-0.15, -0.1) is 0 Å². The first-order valence-electron chi connectivity index (χ1n) is 5.41. The second-order valence-electron chi connectivity index (χ2n) is 4.96. The minimum Gasteiger partial charge on any atom is -0.366 e. The van der Waals surface area contributed by atoms with Gasteiger partial charge in [0.15, 0.2) is 0 Å². The van der Waals surface area contributed by atoms with Gasteiger partial charge in [-0.05, 0) is 11.5 Å². The molecular weight excluding hydrogens is 220 g/mol. The summed E-state index contributed by atoms with van der Waals surface area (Å²) in [5.74, 6) is 0.598. The molecule has 0 aliphatic rings. The van der Waals surface area contributed by atoms with E-state index in [1.165, 1.54) is 12.3 Å². The highest BCUT2D eigenvalue weighted by atomic mass is 16.6. The lowest BCUT2D eigenvalue weighted by Crippen LogP contribution is -2.40. The van der Waals surface area contributed by atoms with E-state index in [0.29, 0.717) is 12.4 Å². The zero-order valence-electron chi connectivity index (χ0n) is 10.3. The summed E-state index contributed by atoms with van der Waals surface area (Å²) in [6, 6.07) is 3.08. The molecule has 6 heteroatoms. The summed E-state index contributed by atoms with van der Waals surface area (Å²) in [5.41, 5.74) is 5.67. The predicted octanol–water partition coefficient (Wildman–Crippen LogP) is 1.78. The van der Waals surface area contributed by atoms with Crippen LogP contribution in [0.5, 0.6) is 0 Å². The van der Waals surface area contributed by atoms with E-state index in [4.69, 9.17) is 5.73 Å². The van der Waals surface area contributed by atoms with Crippen molar-refractivity contribution in [1.29, 1.82) is 0 Å². The summed E-state index contributed by atoms with van der Waals surface area (Å²) in [6.07, 6.45) is 1.23. The normalized spacial score (nSPS) is 13.2. The van der Waals surface area contributed by atoms with E-state index >= 15 is 0 Å². The topological polar surface area (TPSA) is 94.1 Å². The van der Waals surface area contributed by atoms with E-state index in [-0.39, 0.29) is 17.1 Å². The molecule has 1 aromatic heterocycles. The van der Waals surface area contributed by atoms with Crippen LogP contribution in [0, 0.1) is 15.5 Å². The van der Waals surface area contributed by atoms with Crippen LogP contribution in [0.15, 0.2) is 18.3 Å². The molecular formula is C11H18N4O2. The second kappa shape index (κ2) is 5.09. The number of nitro groups is 1. The van der Waals surface area contributed by atoms with E-state index < -0.39 is 4.92 Å². The van der Waals surface area contributed by atoms with Gasteiger partial charge < -0.3 is 11.1 Å². The van der Waals surface area contributed by atoms with Gasteiger partial charge in [0.2, 0.25) is 0 Å². The first-order chi connectivity index (χ1) is 7.84. The number of aromatic nitrogens is 1. The molecule has 0 spiro atoms. The van der Waals surface area contributed by atoms with Gasteiger partial charge in [0.1, 0.15) is 12.0 Å². The third-order valence-corrected chi connectivity index (χ3v) is 2.56. The molecule has 6 nitrogen and oxygen atoms in total. The number of nitrogens with one attached hydrogen (secondary N) is 1. The number of hydrogen-bond acceptors (Lipinski definition) is 5. The lowest BCUT2D eigenvalue weighted by atomic mass is 9.87. The maximum Gasteiger partial charge on any atom is 0.287 e. The van der Waals surface area contributed by atoms with Crippen LogP contribution in [0.2, 0.25) is 0 Å². The first-order valence-corrected chi connectivity index (χ1v) is 5.41. The van der Waals surface area contributed by atoms with Crippen molar-refractivity contribution >= 4 is 11.5 Å². The van der Waals surface area contributed by atoms with Crippen molar-refractivity contribution in [3.63, 3.8) is 0 Å². The van der Waals surface area contributed by atoms with Crippen LogP contribution in [-0.2, 0) is 0 Å². The van der Waals surface area contributed by atoms with Gasteiger partial charge >= 0.3 is 0 Å². The maximum atomic E-state index is 10.5. The van der Waals surface area contributed by atoms with E-state index in [1.54, 1.807) is 6.07 Å². The van der Waals surface area contributed by atoms with Crippen molar-refractivity contribution < 1.29 is 4.92 Å². The molecule has 0 radical (unpaired) electrons. The average molecular weight is 238 g/mol. The summed E-state index contributed by atoms with van der Waals surface area (Å²) in [6.45, 7) is 6.69. The third-order valence-electron chi connectivity index (χ3n) is 2.56. The molecule has 0 aromatic carbocycles. The average Bonchev–Trinajstić information content (AvgIpc) is 2.24. The Labute approximate surface area is 100 Å². The Bertz CT molecular complexity index is 383. The maximum absolute atomic E-state index is 10.5. The summed E-state index contributed by atoms with van der Waals surface area (Å²) in [4.78, 5) is 14.0. The number of nitrogens with zero attached hydrogens (tertiary/aromatic N) is 2. The highest BCUT2D eigenvalue weighted by Crippen LogP contribution is 2.22. The van der Waals surface area contributed by atoms with Gasteiger partial charge in [-0.1, -0.05) is 20.8 Å². The molecule has 0 aliphatic carbocycles. The van der Waals surface area contributed by atoms with Crippen LogP contribution in [0.3, 0.4) is 0 Å². The monoisotopic (exact) mass is 238 g/mol. The van der Waals surface area contributed by atoms with Crippen LogP contribution < -0.4 is 11.1 Å². The van der Waals surface area contributed by atoms with Crippen LogP contribution in [0.25, 0.3) is 0 Å². The first kappa shape index (κ1) is 13.4. The van der Waals surface area contributed by atoms with E-state index in [0.717, 1.165) is 0 Å². The molecule has 1 heterocycles. The zero-order chi connectivity index (χ0) is 13.1. The molecule has 1 unspecified atom stereocenters. The molecule has 94 valence electrons. The Hall–Kier alpha value is -1.69. The fourth-order valence-electron chi connectivity index (χ4n) is 1.39. The molecule has 0 bridgehead atoms. The summed E-state index contributed by atoms with van der Waals surface area (Å²) < 4.78 is 0. The highest BCUT2D eigenvalue weighted by molar-refractivity contribution is 5.41. The Balaban J connectivity index is 2.78. The predicted molar refractivity (Wildman–Crippen MR) is 66.8 cm³/mol. The van der Waals surface area contributed by atoms with Crippen molar-refractivity contribution in [3.8, 4) is 0 Å². The van der Waals surface area contributed by atoms with Gasteiger partial charge in [0.05, 0.1) is 4.92 Å². The molecule has 1 rings (SSSR count). The molecule has 0 fully saturated rings. The van der Waals surface area contributed by atoms with Gasteiger partial charge in [-0.25, -0.2) is 4.98 Å². The highest BCUT2D eigenvalue weighted by Gasteiger charge is 2.23. The molecule has 0 saturated carbocycles. The van der Waals surface area contributed by atoms with Gasteiger partial charge in [-0.3, -0.25) is 10.1 Å². The zero-order valence-corrected chi connectivity index (χ0v) is 10.3. The molecule has 0 amide bonds. The molecule has 0 saturated heterocycles. The minimum atomic E-state index is -0.471. The Kier molecular flexibility index (Phi) is 4.01. The second-order valence-corrected chi connectivity index (χ2v) is 4.96. The molecule has 1 atom stereocenters. The van der Waals surface area contributed by atoms with Crippen LogP contribution >= 0.6 is 0 Å². The molecule has 1 aromatic rings. The van der Waals surface area contributed by atoms with E-state index in [9.17, 15) is 10.1 Å². The number of nitrogens with two attached hydrogens (primary N) is 1. The lowest BCUT2D eigenvalue weighted by Gasteiger charge is -2.30. The van der Waals surface area contributed by atoms with Gasteiger partial charge in [0, 0.05) is 18.7 Å². The Morgan fingerprint density at radius 3 is 2.53 bits per heavy atom. The third kappa shape index (κ3) is 3.67. The van der Waals surface area contributed by atoms with E-state index in [1.807, 2.05) is 0 Å². The van der Waals surface area contributed by atoms with Crippen molar-refractivity contribution in [2.45, 2.75) is 26.8 Å². The summed E-state index contributed by atoms with van der Waals surface area (Å²) >= 11 is 0. The van der Waals surface area contributed by atoms with E-state index in [2.05, 4.69) is 31.1 Å². The number of hydrogen-bond donors (Lipinski definition) is 2. The lowest BCUT2D eigenvalue weighted by molar-refractivity contribution is -0.385. The SMILES string of the molecule is CC(C)(C)C(CN)Nc1ccc([N+](=O)[O-])cn1. The van der Waals surface area contributed by atoms with Crippen LogP contribution in [0.4, 0.5) is 11.5 Å². The quantitative estimate of drug-likeness (QED) is 0.616. The van der Waals surface area contributed by atoms with Crippen molar-refractivity contribution in [1.82, 2.24) is 4.98 Å². The number of anilines is 1. The number of rotatable bonds is 4. The van der Waals surface area contributed by atoms with Crippen LogP contribution in [-0.4, -0.2) is 22.5 Å². The fourth-order valence-corrected chi connectivity index (χ4v) is 1.39. The summed E-state index contributed by atoms with van der Waals surface area (Å²) in [5, 5.41) is 13.7. The van der Waals surface area contributed by atoms with Crippen LogP contribution in [0.1, 0.15) is 20.8 Å². The smallest absolute Gasteiger partial charge is 0.287 e. The fraction of sp³-hybridized carbons (Fsp3) is 0.545. The Morgan fingerprint density at radius 2 is 2.18 bits per heavy atom. The molecule has 17 heavy (non-hydrogen) atoms. The Morgan fingerprint density at radius 1 is 1.53 bits per heavy atom. The molecule has 3 N–H and O–H groups in total. The standard InChI is InChI=1S/C11H18N4O2/c1-11(2,3)9(6-12)14-10-5-4-8(7-13-10)15(16)17/h4-5,7,9H,6,12H2,1-3H3,(H,13,14). The van der Waals surface area contributed by atoms with Gasteiger partial charge in [0.25, 0.3) is 5.69 Å². The molecule has 0 aliphatic heterocycles. The van der Waals surface area contributed by atoms with Gasteiger partial charge in [-0.2, -0.15) is 0 Å². The van der Waals surface area contributed by atoms with Crippen molar-refractivity contribution in [3.05, 3.63) is 28.4 Å². The number of pyridine rings is 1. The summed E-state index contributed by atoms with van der Waals surface area (Å²) in [7, 11) is 0. The van der Waals surface area contributed by atoms with Crippen molar-refractivity contribution in [2.75, 3.05) is 11.9 Å². The largest absolute Gasteiger partial charge is 0.366 e. The minimum absolute atomic E-state index is 0.00178. The van der Waals surface area contributed by atoms with Crippen molar-refractivity contribution in [2.24, 2.45) is 11.1 Å².